The summed E-state index contributed by atoms with van der Waals surface area (Å²) in [5, 5.41) is 0. The van der Waals surface area contributed by atoms with Crippen LogP contribution >= 0.6 is 0 Å². The van der Waals surface area contributed by atoms with E-state index in [-0.39, 0.29) is 23.7 Å². The monoisotopic (exact) mass is 385 g/mol. The van der Waals surface area contributed by atoms with Crippen LogP contribution in [0.3, 0.4) is 0 Å². The van der Waals surface area contributed by atoms with Crippen LogP contribution in [0.25, 0.3) is 0 Å². The van der Waals surface area contributed by atoms with E-state index in [9.17, 15) is 9.18 Å². The van der Waals surface area contributed by atoms with Crippen molar-refractivity contribution in [2.24, 2.45) is 5.92 Å². The quantitative estimate of drug-likeness (QED) is 0.793. The Hall–Kier alpha value is -2.54. The number of nitrogens with two attached hydrogens (primary N) is 1. The lowest BCUT2D eigenvalue weighted by atomic mass is 9.99. The fourth-order valence-corrected chi connectivity index (χ4v) is 3.65. The summed E-state index contributed by atoms with van der Waals surface area (Å²) in [6.45, 7) is 3.97. The molecule has 2 atom stereocenters. The standard InChI is InChI=1S/C21H28FN5O/c1-15(7-8-16-5-3-4-6-18(16)22)21(28)27-12-10-17(13-27)26(2)14-20-24-11-9-19(23)25-20/h3-6,9,11,15,17H,7-8,10,12-14H2,1-2H3,(H2,23,24,25). The third-order valence-corrected chi connectivity index (χ3v) is 5.44. The van der Waals surface area contributed by atoms with Crippen molar-refractivity contribution in [1.29, 1.82) is 0 Å². The van der Waals surface area contributed by atoms with Gasteiger partial charge in [-0.15, -0.1) is 0 Å². The first-order valence-corrected chi connectivity index (χ1v) is 9.74. The highest BCUT2D eigenvalue weighted by molar-refractivity contribution is 5.78. The van der Waals surface area contributed by atoms with E-state index in [0.29, 0.717) is 43.1 Å². The molecular formula is C21H28FN5O. The second-order valence-corrected chi connectivity index (χ2v) is 7.57. The average molecular weight is 385 g/mol. The van der Waals surface area contributed by atoms with Crippen molar-refractivity contribution in [3.63, 3.8) is 0 Å². The van der Waals surface area contributed by atoms with Gasteiger partial charge in [0.2, 0.25) is 5.91 Å². The molecule has 0 aliphatic carbocycles. The number of likely N-dealkylation sites (N-methyl/N-ethyl adjacent to an activating group) is 1. The summed E-state index contributed by atoms with van der Waals surface area (Å²) in [5.74, 6) is 0.970. The van der Waals surface area contributed by atoms with Crippen molar-refractivity contribution < 1.29 is 9.18 Å². The minimum atomic E-state index is -0.200. The molecule has 6 nitrogen and oxygen atoms in total. The summed E-state index contributed by atoms with van der Waals surface area (Å²) in [6.07, 6.45) is 3.80. The number of nitrogen functional groups attached to an aromatic ring is 1. The number of amides is 1. The fraction of sp³-hybridized carbons (Fsp3) is 0.476. The number of rotatable bonds is 7. The SMILES string of the molecule is CC(CCc1ccccc1F)C(=O)N1CCC(N(C)Cc2nccc(N)n2)C1. The Balaban J connectivity index is 1.49. The number of hydrogen-bond donors (Lipinski definition) is 1. The second-order valence-electron chi connectivity index (χ2n) is 7.57. The number of halogens is 1. The summed E-state index contributed by atoms with van der Waals surface area (Å²) < 4.78 is 13.8. The lowest BCUT2D eigenvalue weighted by Crippen LogP contribution is -2.38. The predicted octanol–water partition coefficient (Wildman–Crippen LogP) is 2.50. The van der Waals surface area contributed by atoms with Crippen LogP contribution in [0.2, 0.25) is 0 Å². The van der Waals surface area contributed by atoms with Gasteiger partial charge in [-0.05, 0) is 44.0 Å². The lowest BCUT2D eigenvalue weighted by molar-refractivity contribution is -0.134. The van der Waals surface area contributed by atoms with E-state index in [1.165, 1.54) is 6.07 Å². The molecule has 2 unspecified atom stereocenters. The van der Waals surface area contributed by atoms with E-state index in [1.807, 2.05) is 24.9 Å². The van der Waals surface area contributed by atoms with Crippen LogP contribution in [0, 0.1) is 11.7 Å². The largest absolute Gasteiger partial charge is 0.384 e. The zero-order valence-corrected chi connectivity index (χ0v) is 16.5. The fourth-order valence-electron chi connectivity index (χ4n) is 3.65. The minimum absolute atomic E-state index is 0.124. The highest BCUT2D eigenvalue weighted by Gasteiger charge is 2.31. The van der Waals surface area contributed by atoms with Crippen LogP contribution < -0.4 is 5.73 Å². The van der Waals surface area contributed by atoms with E-state index in [0.717, 1.165) is 13.0 Å². The molecule has 0 bridgehead atoms. The van der Waals surface area contributed by atoms with Crippen LogP contribution in [0.15, 0.2) is 36.5 Å². The Morgan fingerprint density at radius 3 is 2.93 bits per heavy atom. The van der Waals surface area contributed by atoms with Crippen molar-refractivity contribution in [2.75, 3.05) is 25.9 Å². The molecule has 0 saturated carbocycles. The molecule has 150 valence electrons. The van der Waals surface area contributed by atoms with Gasteiger partial charge in [-0.3, -0.25) is 9.69 Å². The highest BCUT2D eigenvalue weighted by Crippen LogP contribution is 2.21. The topological polar surface area (TPSA) is 75.4 Å². The third-order valence-electron chi connectivity index (χ3n) is 5.44. The van der Waals surface area contributed by atoms with Gasteiger partial charge >= 0.3 is 0 Å². The predicted molar refractivity (Wildman–Crippen MR) is 107 cm³/mol. The molecule has 2 N–H and O–H groups in total. The van der Waals surface area contributed by atoms with Crippen molar-refractivity contribution in [3.8, 4) is 0 Å². The van der Waals surface area contributed by atoms with Crippen LogP contribution in [-0.4, -0.2) is 51.9 Å². The number of aryl methyl sites for hydroxylation is 1. The Morgan fingerprint density at radius 1 is 1.39 bits per heavy atom. The molecule has 0 radical (unpaired) electrons. The molecule has 7 heteroatoms. The van der Waals surface area contributed by atoms with Gasteiger partial charge in [0, 0.05) is 31.2 Å². The van der Waals surface area contributed by atoms with Gasteiger partial charge < -0.3 is 10.6 Å². The number of likely N-dealkylation sites (tertiary alicyclic amines) is 1. The first-order valence-electron chi connectivity index (χ1n) is 9.74. The van der Waals surface area contributed by atoms with Gasteiger partial charge in [0.25, 0.3) is 0 Å². The molecule has 1 aromatic carbocycles. The van der Waals surface area contributed by atoms with E-state index in [4.69, 9.17) is 5.73 Å². The van der Waals surface area contributed by atoms with E-state index >= 15 is 0 Å². The Kier molecular flexibility index (Phi) is 6.57. The number of carbonyl (C=O) groups excluding carboxylic acids is 1. The summed E-state index contributed by atoms with van der Waals surface area (Å²) >= 11 is 0. The molecule has 1 saturated heterocycles. The maximum Gasteiger partial charge on any atom is 0.225 e. The molecular weight excluding hydrogens is 357 g/mol. The molecule has 2 aromatic rings. The highest BCUT2D eigenvalue weighted by atomic mass is 19.1. The Labute approximate surface area is 165 Å². The summed E-state index contributed by atoms with van der Waals surface area (Å²) in [4.78, 5) is 25.4. The molecule has 28 heavy (non-hydrogen) atoms. The van der Waals surface area contributed by atoms with E-state index in [1.54, 1.807) is 24.4 Å². The van der Waals surface area contributed by atoms with E-state index in [2.05, 4.69) is 14.9 Å². The first-order chi connectivity index (χ1) is 13.4. The van der Waals surface area contributed by atoms with Gasteiger partial charge in [0.1, 0.15) is 17.5 Å². The summed E-state index contributed by atoms with van der Waals surface area (Å²) in [6, 6.07) is 8.70. The van der Waals surface area contributed by atoms with Crippen molar-refractivity contribution >= 4 is 11.7 Å². The molecule has 1 aliphatic heterocycles. The number of benzene rings is 1. The van der Waals surface area contributed by atoms with Crippen LogP contribution in [-0.2, 0) is 17.8 Å². The molecule has 1 aromatic heterocycles. The third kappa shape index (κ3) is 5.04. The molecule has 1 fully saturated rings. The maximum absolute atomic E-state index is 13.8. The van der Waals surface area contributed by atoms with E-state index < -0.39 is 0 Å². The van der Waals surface area contributed by atoms with Gasteiger partial charge in [-0.2, -0.15) is 0 Å². The zero-order valence-electron chi connectivity index (χ0n) is 16.5. The second kappa shape index (κ2) is 9.10. The molecule has 0 spiro atoms. The van der Waals surface area contributed by atoms with Crippen LogP contribution in [0.4, 0.5) is 10.2 Å². The van der Waals surface area contributed by atoms with Gasteiger partial charge in [-0.1, -0.05) is 25.1 Å². The van der Waals surface area contributed by atoms with Crippen molar-refractivity contribution in [1.82, 2.24) is 19.8 Å². The van der Waals surface area contributed by atoms with Gasteiger partial charge in [-0.25, -0.2) is 14.4 Å². The number of aromatic nitrogens is 2. The normalized spacial score (nSPS) is 17.9. The molecule has 2 heterocycles. The van der Waals surface area contributed by atoms with Gasteiger partial charge in [0.15, 0.2) is 0 Å². The molecule has 1 amide bonds. The van der Waals surface area contributed by atoms with Crippen LogP contribution in [0.1, 0.15) is 31.2 Å². The first kappa shape index (κ1) is 20.2. The Bertz CT molecular complexity index is 815. The summed E-state index contributed by atoms with van der Waals surface area (Å²) in [7, 11) is 2.02. The number of nitrogens with zero attached hydrogens (tertiary/aromatic N) is 4. The number of anilines is 1. The smallest absolute Gasteiger partial charge is 0.225 e. The van der Waals surface area contributed by atoms with Crippen molar-refractivity contribution in [3.05, 3.63) is 53.7 Å². The number of hydrogen-bond acceptors (Lipinski definition) is 5. The maximum atomic E-state index is 13.8. The molecule has 1 aliphatic rings. The van der Waals surface area contributed by atoms with Crippen molar-refractivity contribution in [2.45, 2.75) is 38.8 Å². The minimum Gasteiger partial charge on any atom is -0.384 e. The summed E-state index contributed by atoms with van der Waals surface area (Å²) in [5.41, 5.74) is 6.39. The lowest BCUT2D eigenvalue weighted by Gasteiger charge is -2.25. The molecule has 3 rings (SSSR count). The number of carbonyl (C=O) groups is 1. The van der Waals surface area contributed by atoms with Gasteiger partial charge in [0.05, 0.1) is 6.54 Å². The van der Waals surface area contributed by atoms with Crippen LogP contribution in [0.5, 0.6) is 0 Å². The average Bonchev–Trinajstić information content (AvgIpc) is 3.17. The Morgan fingerprint density at radius 2 is 2.18 bits per heavy atom. The zero-order chi connectivity index (χ0) is 20.1.